The molecule has 3 aromatic rings. The highest BCUT2D eigenvalue weighted by Gasteiger charge is 2.16. The van der Waals surface area contributed by atoms with Gasteiger partial charge < -0.3 is 20.4 Å². The van der Waals surface area contributed by atoms with Crippen LogP contribution in [0.3, 0.4) is 0 Å². The second-order valence-corrected chi connectivity index (χ2v) is 6.59. The average Bonchev–Trinajstić information content (AvgIpc) is 2.96. The van der Waals surface area contributed by atoms with Gasteiger partial charge in [0.15, 0.2) is 6.61 Å². The minimum atomic E-state index is -0.539. The Balaban J connectivity index is 1.71. The molecule has 0 spiro atoms. The number of carbonyl (C=O) groups is 2. The van der Waals surface area contributed by atoms with E-state index in [1.54, 1.807) is 24.3 Å². The highest BCUT2D eigenvalue weighted by molar-refractivity contribution is 6.05. The molecule has 2 amide bonds. The van der Waals surface area contributed by atoms with Crippen molar-refractivity contribution in [3.05, 3.63) is 83.2 Å². The normalized spacial score (nSPS) is 10.5. The van der Waals surface area contributed by atoms with Crippen LogP contribution in [-0.4, -0.2) is 23.0 Å². The van der Waals surface area contributed by atoms with Gasteiger partial charge in [-0.05, 0) is 49.7 Å². The molecule has 1 aromatic heterocycles. The fraction of sp³-hybridized carbons (Fsp3) is 0.182. The monoisotopic (exact) mass is 377 g/mol. The fourth-order valence-electron chi connectivity index (χ4n) is 3.03. The summed E-state index contributed by atoms with van der Waals surface area (Å²) in [7, 11) is 0. The second-order valence-electron chi connectivity index (χ2n) is 6.59. The van der Waals surface area contributed by atoms with Crippen molar-refractivity contribution >= 4 is 17.5 Å². The van der Waals surface area contributed by atoms with E-state index >= 15 is 0 Å². The van der Waals surface area contributed by atoms with Crippen LogP contribution in [0.25, 0.3) is 0 Å². The predicted octanol–water partition coefficient (Wildman–Crippen LogP) is 3.27. The van der Waals surface area contributed by atoms with Gasteiger partial charge in [-0.2, -0.15) is 0 Å². The summed E-state index contributed by atoms with van der Waals surface area (Å²) in [5.74, 6) is -0.195. The van der Waals surface area contributed by atoms with Crippen LogP contribution < -0.4 is 15.8 Å². The number of rotatable bonds is 7. The molecule has 28 heavy (non-hydrogen) atoms. The molecule has 0 fully saturated rings. The van der Waals surface area contributed by atoms with Gasteiger partial charge in [-0.3, -0.25) is 9.59 Å². The zero-order chi connectivity index (χ0) is 20.1. The van der Waals surface area contributed by atoms with E-state index in [4.69, 9.17) is 10.5 Å². The van der Waals surface area contributed by atoms with Crippen molar-refractivity contribution in [3.63, 3.8) is 0 Å². The summed E-state index contributed by atoms with van der Waals surface area (Å²) < 4.78 is 7.35. The van der Waals surface area contributed by atoms with Gasteiger partial charge in [0.05, 0.1) is 5.56 Å². The van der Waals surface area contributed by atoms with Crippen LogP contribution in [0, 0.1) is 13.8 Å². The van der Waals surface area contributed by atoms with Crippen LogP contribution in [0.5, 0.6) is 5.75 Å². The van der Waals surface area contributed by atoms with Crippen LogP contribution in [-0.2, 0) is 11.3 Å². The van der Waals surface area contributed by atoms with Gasteiger partial charge >= 0.3 is 0 Å². The van der Waals surface area contributed by atoms with Crippen LogP contribution in [0.15, 0.2) is 60.7 Å². The molecule has 0 unspecified atom stereocenters. The Kier molecular flexibility index (Phi) is 5.79. The molecule has 0 aliphatic heterocycles. The minimum absolute atomic E-state index is 0.168. The Morgan fingerprint density at radius 2 is 1.71 bits per heavy atom. The number of aromatic nitrogens is 1. The molecular formula is C22H23N3O3. The predicted molar refractivity (Wildman–Crippen MR) is 109 cm³/mol. The molecule has 0 saturated carbocycles. The van der Waals surface area contributed by atoms with Crippen molar-refractivity contribution in [1.82, 2.24) is 4.57 Å². The SMILES string of the molecule is Cc1cc(C(=O)Nc2ccc(OCC(N)=O)cc2)c(C)n1Cc1ccccc1. The number of benzene rings is 2. The van der Waals surface area contributed by atoms with Crippen molar-refractivity contribution in [1.29, 1.82) is 0 Å². The molecular weight excluding hydrogens is 354 g/mol. The van der Waals surface area contributed by atoms with E-state index in [9.17, 15) is 9.59 Å². The van der Waals surface area contributed by atoms with Gasteiger partial charge in [0.1, 0.15) is 5.75 Å². The van der Waals surface area contributed by atoms with E-state index in [0.717, 1.165) is 17.9 Å². The molecule has 2 aromatic carbocycles. The standard InChI is InChI=1S/C22H23N3O3/c1-15-12-20(16(2)25(15)13-17-6-4-3-5-7-17)22(27)24-18-8-10-19(11-9-18)28-14-21(23)26/h3-12H,13-14H2,1-2H3,(H2,23,26)(H,24,27). The topological polar surface area (TPSA) is 86.3 Å². The third kappa shape index (κ3) is 4.59. The molecule has 0 aliphatic rings. The molecule has 1 heterocycles. The number of hydrogen-bond acceptors (Lipinski definition) is 3. The van der Waals surface area contributed by atoms with Gasteiger partial charge in [-0.25, -0.2) is 0 Å². The van der Waals surface area contributed by atoms with Gasteiger partial charge in [0, 0.05) is 23.6 Å². The Labute approximate surface area is 163 Å². The van der Waals surface area contributed by atoms with Crippen molar-refractivity contribution < 1.29 is 14.3 Å². The largest absolute Gasteiger partial charge is 0.484 e. The third-order valence-corrected chi connectivity index (χ3v) is 4.50. The quantitative estimate of drug-likeness (QED) is 0.662. The number of hydrogen-bond donors (Lipinski definition) is 2. The lowest BCUT2D eigenvalue weighted by atomic mass is 10.2. The third-order valence-electron chi connectivity index (χ3n) is 4.50. The van der Waals surface area contributed by atoms with E-state index in [1.807, 2.05) is 38.1 Å². The molecule has 0 atom stereocenters. The lowest BCUT2D eigenvalue weighted by Crippen LogP contribution is -2.20. The molecule has 6 heteroatoms. The first-order valence-corrected chi connectivity index (χ1v) is 8.97. The highest BCUT2D eigenvalue weighted by Crippen LogP contribution is 2.20. The summed E-state index contributed by atoms with van der Waals surface area (Å²) in [5.41, 5.74) is 9.47. The second kappa shape index (κ2) is 8.43. The van der Waals surface area contributed by atoms with Gasteiger partial charge in [0.25, 0.3) is 11.8 Å². The maximum atomic E-state index is 12.7. The van der Waals surface area contributed by atoms with Crippen LogP contribution in [0.1, 0.15) is 27.3 Å². The number of carbonyl (C=O) groups excluding carboxylic acids is 2. The van der Waals surface area contributed by atoms with Crippen LogP contribution in [0.2, 0.25) is 0 Å². The summed E-state index contributed by atoms with van der Waals surface area (Å²) in [6, 6.07) is 18.8. The zero-order valence-corrected chi connectivity index (χ0v) is 15.9. The molecule has 0 bridgehead atoms. The number of amides is 2. The number of aryl methyl sites for hydroxylation is 1. The smallest absolute Gasteiger partial charge is 0.257 e. The van der Waals surface area contributed by atoms with Gasteiger partial charge in [-0.1, -0.05) is 30.3 Å². The van der Waals surface area contributed by atoms with E-state index in [-0.39, 0.29) is 12.5 Å². The number of ether oxygens (including phenoxy) is 1. The summed E-state index contributed by atoms with van der Waals surface area (Å²) in [5, 5.41) is 2.90. The minimum Gasteiger partial charge on any atom is -0.484 e. The zero-order valence-electron chi connectivity index (χ0n) is 15.9. The van der Waals surface area contributed by atoms with E-state index in [1.165, 1.54) is 5.56 Å². The maximum absolute atomic E-state index is 12.7. The summed E-state index contributed by atoms with van der Waals surface area (Å²) in [4.78, 5) is 23.5. The Hall–Kier alpha value is -3.54. The number of nitrogens with one attached hydrogen (secondary N) is 1. The van der Waals surface area contributed by atoms with E-state index in [0.29, 0.717) is 17.0 Å². The average molecular weight is 377 g/mol. The van der Waals surface area contributed by atoms with Crippen molar-refractivity contribution in [3.8, 4) is 5.75 Å². The number of primary amides is 1. The molecule has 0 radical (unpaired) electrons. The maximum Gasteiger partial charge on any atom is 0.257 e. The fourth-order valence-corrected chi connectivity index (χ4v) is 3.03. The number of nitrogens with zero attached hydrogens (tertiary/aromatic N) is 1. The lowest BCUT2D eigenvalue weighted by Gasteiger charge is -2.10. The van der Waals surface area contributed by atoms with Gasteiger partial charge in [0.2, 0.25) is 0 Å². The molecule has 0 saturated heterocycles. The van der Waals surface area contributed by atoms with Crippen molar-refractivity contribution in [2.45, 2.75) is 20.4 Å². The first-order valence-electron chi connectivity index (χ1n) is 8.97. The summed E-state index contributed by atoms with van der Waals surface area (Å²) in [6.07, 6.45) is 0. The lowest BCUT2D eigenvalue weighted by molar-refractivity contribution is -0.119. The number of nitrogens with two attached hydrogens (primary N) is 1. The highest BCUT2D eigenvalue weighted by atomic mass is 16.5. The summed E-state index contributed by atoms with van der Waals surface area (Å²) >= 11 is 0. The Morgan fingerprint density at radius 3 is 2.36 bits per heavy atom. The van der Waals surface area contributed by atoms with E-state index < -0.39 is 5.91 Å². The summed E-state index contributed by atoms with van der Waals surface area (Å²) in [6.45, 7) is 4.49. The molecule has 6 nitrogen and oxygen atoms in total. The van der Waals surface area contributed by atoms with Crippen molar-refractivity contribution in [2.24, 2.45) is 5.73 Å². The van der Waals surface area contributed by atoms with E-state index in [2.05, 4.69) is 22.0 Å². The Morgan fingerprint density at radius 1 is 1.04 bits per heavy atom. The molecule has 3 N–H and O–H groups in total. The number of anilines is 1. The first-order chi connectivity index (χ1) is 13.4. The molecule has 3 rings (SSSR count). The van der Waals surface area contributed by atoms with Gasteiger partial charge in [-0.15, -0.1) is 0 Å². The van der Waals surface area contributed by atoms with Crippen LogP contribution >= 0.6 is 0 Å². The molecule has 144 valence electrons. The van der Waals surface area contributed by atoms with Crippen molar-refractivity contribution in [2.75, 3.05) is 11.9 Å². The first kappa shape index (κ1) is 19.2. The van der Waals surface area contributed by atoms with Crippen LogP contribution in [0.4, 0.5) is 5.69 Å². The Bertz CT molecular complexity index is 976. The molecule has 0 aliphatic carbocycles.